The average Bonchev–Trinajstić information content (AvgIpc) is 2.37. The molecule has 0 fully saturated rings. The molecular weight excluding hydrogens is 293 g/mol. The van der Waals surface area contributed by atoms with Gasteiger partial charge in [-0.3, -0.25) is 0 Å². The lowest BCUT2D eigenvalue weighted by Gasteiger charge is -2.21. The van der Waals surface area contributed by atoms with Crippen molar-refractivity contribution in [3.63, 3.8) is 0 Å². The number of hydrogen-bond acceptors (Lipinski definition) is 3. The number of urea groups is 1. The van der Waals surface area contributed by atoms with Crippen LogP contribution in [0.1, 0.15) is 6.92 Å². The van der Waals surface area contributed by atoms with E-state index in [9.17, 15) is 18.0 Å². The number of hydrogen-bond donors (Lipinski definition) is 3. The Balaban J connectivity index is 2.69. The number of rotatable bonds is 5. The third kappa shape index (κ3) is 4.31. The fourth-order valence-electron chi connectivity index (χ4n) is 1.51. The van der Waals surface area contributed by atoms with E-state index in [0.29, 0.717) is 12.1 Å². The van der Waals surface area contributed by atoms with Crippen molar-refractivity contribution >= 4 is 23.5 Å². The van der Waals surface area contributed by atoms with Crippen LogP contribution in [0, 0.1) is 17.5 Å². The Morgan fingerprint density at radius 1 is 1.30 bits per heavy atom. The molecule has 2 unspecified atom stereocenters. The molecule has 0 aliphatic carbocycles. The summed E-state index contributed by atoms with van der Waals surface area (Å²) in [6.45, 7) is 1.53. The van der Waals surface area contributed by atoms with Gasteiger partial charge in [0.05, 0.1) is 12.3 Å². The number of carbonyl (C=O) groups excluding carboxylic acids is 1. The summed E-state index contributed by atoms with van der Waals surface area (Å²) in [6.07, 6.45) is 1.77. The first-order chi connectivity index (χ1) is 9.38. The number of benzene rings is 1. The van der Waals surface area contributed by atoms with Gasteiger partial charge in [0, 0.05) is 23.4 Å². The maximum Gasteiger partial charge on any atom is 0.319 e. The molecule has 0 saturated carbocycles. The van der Waals surface area contributed by atoms with Gasteiger partial charge in [-0.25, -0.2) is 18.0 Å². The van der Waals surface area contributed by atoms with Gasteiger partial charge in [0.15, 0.2) is 11.6 Å². The van der Waals surface area contributed by atoms with Gasteiger partial charge in [0.2, 0.25) is 0 Å². The molecule has 0 bridgehead atoms. The molecule has 20 heavy (non-hydrogen) atoms. The summed E-state index contributed by atoms with van der Waals surface area (Å²) >= 11 is 1.36. The Kier molecular flexibility index (Phi) is 6.15. The van der Waals surface area contributed by atoms with Gasteiger partial charge in [-0.05, 0) is 13.2 Å². The highest BCUT2D eigenvalue weighted by Crippen LogP contribution is 2.18. The highest BCUT2D eigenvalue weighted by atomic mass is 32.2. The van der Waals surface area contributed by atoms with Crippen molar-refractivity contribution < 1.29 is 23.1 Å². The topological polar surface area (TPSA) is 61.4 Å². The van der Waals surface area contributed by atoms with Crippen molar-refractivity contribution in [1.29, 1.82) is 0 Å². The quantitative estimate of drug-likeness (QED) is 0.732. The molecule has 1 aromatic carbocycles. The van der Waals surface area contributed by atoms with Crippen LogP contribution in [-0.4, -0.2) is 35.3 Å². The molecule has 2 amide bonds. The molecule has 0 heterocycles. The zero-order chi connectivity index (χ0) is 15.3. The molecule has 0 aliphatic rings. The van der Waals surface area contributed by atoms with Crippen LogP contribution in [0.15, 0.2) is 12.1 Å². The Morgan fingerprint density at radius 2 is 1.90 bits per heavy atom. The lowest BCUT2D eigenvalue weighted by atomic mass is 10.2. The van der Waals surface area contributed by atoms with E-state index in [1.165, 1.54) is 11.8 Å². The van der Waals surface area contributed by atoms with E-state index in [1.54, 1.807) is 13.2 Å². The number of anilines is 1. The first kappa shape index (κ1) is 16.6. The first-order valence-corrected chi connectivity index (χ1v) is 7.03. The van der Waals surface area contributed by atoms with Crippen LogP contribution < -0.4 is 10.6 Å². The van der Waals surface area contributed by atoms with Crippen LogP contribution in [0.4, 0.5) is 23.7 Å². The molecule has 3 N–H and O–H groups in total. The smallest absolute Gasteiger partial charge is 0.319 e. The first-order valence-electron chi connectivity index (χ1n) is 5.74. The fraction of sp³-hybridized carbons (Fsp3) is 0.417. The van der Waals surface area contributed by atoms with Crippen LogP contribution in [0.3, 0.4) is 0 Å². The number of thioether (sulfide) groups is 1. The number of nitrogens with one attached hydrogen (secondary N) is 2. The standard InChI is InChI=1S/C12H15F3N2O2S/c1-6(11(5-18)20-2)16-12(19)17-10-4-8(14)7(13)3-9(10)15/h3-4,6,11,18H,5H2,1-2H3,(H2,16,17,19). The second kappa shape index (κ2) is 7.39. The van der Waals surface area contributed by atoms with Gasteiger partial charge in [-0.1, -0.05) is 0 Å². The van der Waals surface area contributed by atoms with Gasteiger partial charge in [-0.2, -0.15) is 11.8 Å². The van der Waals surface area contributed by atoms with Gasteiger partial charge in [0.25, 0.3) is 0 Å². The number of halogens is 3. The summed E-state index contributed by atoms with van der Waals surface area (Å²) in [5, 5.41) is 13.4. The second-order valence-corrected chi connectivity index (χ2v) is 5.17. The van der Waals surface area contributed by atoms with Crippen LogP contribution in [0.25, 0.3) is 0 Å². The van der Waals surface area contributed by atoms with Crippen LogP contribution >= 0.6 is 11.8 Å². The van der Waals surface area contributed by atoms with Crippen LogP contribution in [0.5, 0.6) is 0 Å². The molecule has 8 heteroatoms. The monoisotopic (exact) mass is 308 g/mol. The Labute approximate surface area is 118 Å². The second-order valence-electron chi connectivity index (χ2n) is 4.09. The van der Waals surface area contributed by atoms with E-state index in [1.807, 2.05) is 0 Å². The maximum absolute atomic E-state index is 13.3. The molecule has 112 valence electrons. The summed E-state index contributed by atoms with van der Waals surface area (Å²) < 4.78 is 39.0. The molecule has 0 saturated heterocycles. The van der Waals surface area contributed by atoms with E-state index >= 15 is 0 Å². The maximum atomic E-state index is 13.3. The molecule has 0 aliphatic heterocycles. The Hall–Kier alpha value is -1.41. The summed E-state index contributed by atoms with van der Waals surface area (Å²) in [7, 11) is 0. The van der Waals surface area contributed by atoms with Gasteiger partial charge < -0.3 is 15.7 Å². The van der Waals surface area contributed by atoms with Crippen molar-refractivity contribution in [2.45, 2.75) is 18.2 Å². The van der Waals surface area contributed by atoms with Gasteiger partial charge in [0.1, 0.15) is 5.82 Å². The minimum Gasteiger partial charge on any atom is -0.395 e. The van der Waals surface area contributed by atoms with Crippen LogP contribution in [0.2, 0.25) is 0 Å². The fourth-order valence-corrected chi connectivity index (χ4v) is 2.14. The largest absolute Gasteiger partial charge is 0.395 e. The van der Waals surface area contributed by atoms with Crippen molar-refractivity contribution in [2.24, 2.45) is 0 Å². The summed E-state index contributed by atoms with van der Waals surface area (Å²) in [4.78, 5) is 11.6. The van der Waals surface area contributed by atoms with Crippen molar-refractivity contribution in [2.75, 3.05) is 18.2 Å². The highest BCUT2D eigenvalue weighted by Gasteiger charge is 2.18. The third-order valence-electron chi connectivity index (χ3n) is 2.66. The van der Waals surface area contributed by atoms with E-state index in [0.717, 1.165) is 0 Å². The Morgan fingerprint density at radius 3 is 2.45 bits per heavy atom. The van der Waals surface area contributed by atoms with Gasteiger partial charge >= 0.3 is 6.03 Å². The molecule has 2 atom stereocenters. The van der Waals surface area contributed by atoms with Crippen molar-refractivity contribution in [3.8, 4) is 0 Å². The van der Waals surface area contributed by atoms with E-state index < -0.39 is 29.2 Å². The van der Waals surface area contributed by atoms with E-state index in [-0.39, 0.29) is 17.9 Å². The number of aliphatic hydroxyl groups is 1. The SMILES string of the molecule is CSC(CO)C(C)NC(=O)Nc1cc(F)c(F)cc1F. The normalized spacial score (nSPS) is 13.7. The lowest BCUT2D eigenvalue weighted by molar-refractivity contribution is 0.243. The number of carbonyl (C=O) groups is 1. The minimum atomic E-state index is -1.33. The molecule has 0 aromatic heterocycles. The predicted octanol–water partition coefficient (Wildman–Crippen LogP) is 2.34. The highest BCUT2D eigenvalue weighted by molar-refractivity contribution is 7.99. The zero-order valence-electron chi connectivity index (χ0n) is 10.9. The van der Waals surface area contributed by atoms with E-state index in [4.69, 9.17) is 5.11 Å². The Bertz CT molecular complexity index is 484. The third-order valence-corrected chi connectivity index (χ3v) is 3.82. The van der Waals surface area contributed by atoms with Gasteiger partial charge in [-0.15, -0.1) is 0 Å². The van der Waals surface area contributed by atoms with Crippen molar-refractivity contribution in [1.82, 2.24) is 5.32 Å². The number of amides is 2. The van der Waals surface area contributed by atoms with Crippen LogP contribution in [-0.2, 0) is 0 Å². The van der Waals surface area contributed by atoms with Crippen molar-refractivity contribution in [3.05, 3.63) is 29.6 Å². The molecule has 1 rings (SSSR count). The van der Waals surface area contributed by atoms with E-state index in [2.05, 4.69) is 10.6 Å². The summed E-state index contributed by atoms with van der Waals surface area (Å²) in [5.74, 6) is -3.66. The molecular formula is C12H15F3N2O2S. The lowest BCUT2D eigenvalue weighted by Crippen LogP contribution is -2.43. The number of aliphatic hydroxyl groups excluding tert-OH is 1. The molecule has 0 spiro atoms. The summed E-state index contributed by atoms with van der Waals surface area (Å²) in [6, 6.07) is -0.238. The zero-order valence-corrected chi connectivity index (χ0v) is 11.7. The molecule has 4 nitrogen and oxygen atoms in total. The average molecular weight is 308 g/mol. The minimum absolute atomic E-state index is 0.137. The predicted molar refractivity (Wildman–Crippen MR) is 72.3 cm³/mol. The molecule has 1 aromatic rings. The molecule has 0 radical (unpaired) electrons. The summed E-state index contributed by atoms with van der Waals surface area (Å²) in [5.41, 5.74) is -0.460.